The second kappa shape index (κ2) is 6.49. The Kier molecular flexibility index (Phi) is 4.69. The topological polar surface area (TPSA) is 106 Å². The number of hydrogen-bond donors (Lipinski definition) is 1. The van der Waals surface area contributed by atoms with E-state index in [0.29, 0.717) is 38.4 Å². The van der Waals surface area contributed by atoms with Crippen molar-refractivity contribution in [2.75, 3.05) is 31.1 Å². The molecule has 2 heterocycles. The number of anilines is 1. The summed E-state index contributed by atoms with van der Waals surface area (Å²) in [5.74, 6) is 0.294. The van der Waals surface area contributed by atoms with Crippen LogP contribution in [-0.4, -0.2) is 52.9 Å². The molecular weight excluding hydrogens is 274 g/mol. The molecule has 2 N–H and O–H groups in total. The molecule has 1 atom stereocenters. The van der Waals surface area contributed by atoms with Crippen LogP contribution in [0.2, 0.25) is 0 Å². The number of carbonyl (C=O) groups excluding carboxylic acids is 1. The molecule has 1 aliphatic rings. The Morgan fingerprint density at radius 3 is 2.71 bits per heavy atom. The molecule has 0 aliphatic carbocycles. The predicted octanol–water partition coefficient (Wildman–Crippen LogP) is 0.376. The largest absolute Gasteiger partial charge is 0.347 e. The second-order valence-electron chi connectivity index (χ2n) is 4.93. The van der Waals surface area contributed by atoms with Gasteiger partial charge in [0, 0.05) is 38.4 Å². The van der Waals surface area contributed by atoms with E-state index in [-0.39, 0.29) is 11.6 Å². The maximum absolute atomic E-state index is 12.0. The van der Waals surface area contributed by atoms with E-state index in [9.17, 15) is 14.9 Å². The maximum Gasteiger partial charge on any atom is 0.311 e. The molecule has 0 bridgehead atoms. The van der Waals surface area contributed by atoms with E-state index < -0.39 is 11.0 Å². The molecule has 8 nitrogen and oxygen atoms in total. The minimum Gasteiger partial charge on any atom is -0.347 e. The molecule has 1 saturated heterocycles. The molecule has 2 rings (SSSR count). The van der Waals surface area contributed by atoms with Gasteiger partial charge in [-0.3, -0.25) is 14.9 Å². The number of hydrogen-bond acceptors (Lipinski definition) is 6. The number of nitro groups is 1. The van der Waals surface area contributed by atoms with Gasteiger partial charge >= 0.3 is 5.69 Å². The number of piperazine rings is 1. The summed E-state index contributed by atoms with van der Waals surface area (Å²) in [7, 11) is 0. The lowest BCUT2D eigenvalue weighted by atomic mass is 10.2. The van der Waals surface area contributed by atoms with E-state index in [4.69, 9.17) is 5.73 Å². The van der Waals surface area contributed by atoms with Gasteiger partial charge in [-0.25, -0.2) is 4.98 Å². The van der Waals surface area contributed by atoms with Crippen molar-refractivity contribution in [3.63, 3.8) is 0 Å². The number of nitrogens with zero attached hydrogens (tertiary/aromatic N) is 4. The highest BCUT2D eigenvalue weighted by atomic mass is 16.6. The van der Waals surface area contributed by atoms with Crippen molar-refractivity contribution in [2.24, 2.45) is 5.73 Å². The van der Waals surface area contributed by atoms with Gasteiger partial charge in [-0.2, -0.15) is 0 Å². The van der Waals surface area contributed by atoms with Crippen molar-refractivity contribution in [1.82, 2.24) is 9.88 Å². The molecule has 0 unspecified atom stereocenters. The van der Waals surface area contributed by atoms with Gasteiger partial charge in [-0.15, -0.1) is 0 Å². The summed E-state index contributed by atoms with van der Waals surface area (Å²) >= 11 is 0. The molecule has 1 fully saturated rings. The Morgan fingerprint density at radius 2 is 2.14 bits per heavy atom. The lowest BCUT2D eigenvalue weighted by Gasteiger charge is -2.36. The minimum atomic E-state index is -0.472. The lowest BCUT2D eigenvalue weighted by molar-refractivity contribution is -0.384. The first-order valence-electron chi connectivity index (χ1n) is 6.93. The molecule has 1 amide bonds. The molecule has 0 spiro atoms. The second-order valence-corrected chi connectivity index (χ2v) is 4.93. The predicted molar refractivity (Wildman–Crippen MR) is 78.0 cm³/mol. The summed E-state index contributed by atoms with van der Waals surface area (Å²) in [6.07, 6.45) is 2.14. The third-order valence-electron chi connectivity index (χ3n) is 3.61. The van der Waals surface area contributed by atoms with Gasteiger partial charge in [-0.05, 0) is 12.5 Å². The third-order valence-corrected chi connectivity index (χ3v) is 3.61. The highest BCUT2D eigenvalue weighted by molar-refractivity contribution is 5.81. The van der Waals surface area contributed by atoms with E-state index in [1.807, 2.05) is 11.8 Å². The standard InChI is InChI=1S/C13H19N5O3/c1-2-10(14)13(19)17-8-6-16(7-9-17)12-11(18(20)21)4-3-5-15-12/h3-5,10H,2,6-9,14H2,1H3/t10-/m1/s1. The summed E-state index contributed by atoms with van der Waals surface area (Å²) in [6.45, 7) is 3.90. The Hall–Kier alpha value is -2.22. The average Bonchev–Trinajstić information content (AvgIpc) is 2.53. The number of nitrogens with two attached hydrogens (primary N) is 1. The molecule has 0 saturated carbocycles. The molecule has 114 valence electrons. The van der Waals surface area contributed by atoms with Gasteiger partial charge in [0.1, 0.15) is 0 Å². The maximum atomic E-state index is 12.0. The highest BCUT2D eigenvalue weighted by Gasteiger charge is 2.28. The van der Waals surface area contributed by atoms with E-state index in [0.717, 1.165) is 0 Å². The smallest absolute Gasteiger partial charge is 0.311 e. The van der Waals surface area contributed by atoms with Gasteiger partial charge in [0.25, 0.3) is 0 Å². The van der Waals surface area contributed by atoms with Crippen LogP contribution in [0.5, 0.6) is 0 Å². The fourth-order valence-electron chi connectivity index (χ4n) is 2.32. The van der Waals surface area contributed by atoms with Crippen LogP contribution in [0.15, 0.2) is 18.3 Å². The van der Waals surface area contributed by atoms with E-state index >= 15 is 0 Å². The number of pyridine rings is 1. The monoisotopic (exact) mass is 293 g/mol. The molecule has 0 radical (unpaired) electrons. The summed E-state index contributed by atoms with van der Waals surface area (Å²) in [4.78, 5) is 30.2. The van der Waals surface area contributed by atoms with Crippen molar-refractivity contribution in [3.05, 3.63) is 28.4 Å². The van der Waals surface area contributed by atoms with Crippen molar-refractivity contribution in [2.45, 2.75) is 19.4 Å². The van der Waals surface area contributed by atoms with Gasteiger partial charge in [0.2, 0.25) is 11.7 Å². The first-order valence-corrected chi connectivity index (χ1v) is 6.93. The van der Waals surface area contributed by atoms with Crippen molar-refractivity contribution in [3.8, 4) is 0 Å². The number of rotatable bonds is 4. The van der Waals surface area contributed by atoms with Crippen LogP contribution in [0.1, 0.15) is 13.3 Å². The van der Waals surface area contributed by atoms with Crippen LogP contribution < -0.4 is 10.6 Å². The Bertz CT molecular complexity index is 528. The molecular formula is C13H19N5O3. The molecule has 1 aromatic heterocycles. The van der Waals surface area contributed by atoms with Crippen molar-refractivity contribution < 1.29 is 9.72 Å². The van der Waals surface area contributed by atoms with Crippen LogP contribution in [0.4, 0.5) is 11.5 Å². The van der Waals surface area contributed by atoms with E-state index in [2.05, 4.69) is 4.98 Å². The first-order chi connectivity index (χ1) is 10.0. The first kappa shape index (κ1) is 15.2. The lowest BCUT2D eigenvalue weighted by Crippen LogP contribution is -2.53. The average molecular weight is 293 g/mol. The molecule has 1 aliphatic heterocycles. The van der Waals surface area contributed by atoms with Crippen LogP contribution in [0, 0.1) is 10.1 Å². The van der Waals surface area contributed by atoms with Gasteiger partial charge in [-0.1, -0.05) is 6.92 Å². The SMILES string of the molecule is CC[C@@H](N)C(=O)N1CCN(c2ncccc2[N+](=O)[O-])CC1. The van der Waals surface area contributed by atoms with Crippen LogP contribution in [-0.2, 0) is 4.79 Å². The zero-order valence-corrected chi connectivity index (χ0v) is 11.9. The van der Waals surface area contributed by atoms with Crippen LogP contribution in [0.25, 0.3) is 0 Å². The number of amides is 1. The third kappa shape index (κ3) is 3.27. The zero-order chi connectivity index (χ0) is 15.4. The number of carbonyl (C=O) groups is 1. The fraction of sp³-hybridized carbons (Fsp3) is 0.538. The quantitative estimate of drug-likeness (QED) is 0.635. The van der Waals surface area contributed by atoms with E-state index in [1.54, 1.807) is 11.0 Å². The Labute approximate surface area is 122 Å². The zero-order valence-electron chi connectivity index (χ0n) is 11.9. The molecule has 21 heavy (non-hydrogen) atoms. The van der Waals surface area contributed by atoms with Gasteiger partial charge < -0.3 is 15.5 Å². The normalized spacial score (nSPS) is 16.7. The summed E-state index contributed by atoms with van der Waals surface area (Å²) in [5.41, 5.74) is 5.74. The summed E-state index contributed by atoms with van der Waals surface area (Å²) < 4.78 is 0. The Balaban J connectivity index is 2.05. The van der Waals surface area contributed by atoms with E-state index in [1.165, 1.54) is 12.3 Å². The minimum absolute atomic E-state index is 0.0115. The van der Waals surface area contributed by atoms with Gasteiger partial charge in [0.05, 0.1) is 11.0 Å². The molecule has 1 aromatic rings. The Morgan fingerprint density at radius 1 is 1.48 bits per heavy atom. The van der Waals surface area contributed by atoms with Crippen molar-refractivity contribution >= 4 is 17.4 Å². The number of aromatic nitrogens is 1. The fourth-order valence-corrected chi connectivity index (χ4v) is 2.32. The van der Waals surface area contributed by atoms with Crippen LogP contribution in [0.3, 0.4) is 0 Å². The van der Waals surface area contributed by atoms with Gasteiger partial charge in [0.15, 0.2) is 0 Å². The summed E-state index contributed by atoms with van der Waals surface area (Å²) in [6, 6.07) is 2.51. The molecule has 0 aromatic carbocycles. The molecule has 8 heteroatoms. The van der Waals surface area contributed by atoms with Crippen molar-refractivity contribution in [1.29, 1.82) is 0 Å². The highest BCUT2D eigenvalue weighted by Crippen LogP contribution is 2.25. The summed E-state index contributed by atoms with van der Waals surface area (Å²) in [5, 5.41) is 11.0. The van der Waals surface area contributed by atoms with Crippen LogP contribution >= 0.6 is 0 Å².